The highest BCUT2D eigenvalue weighted by Gasteiger charge is 2.22. The number of alkyl halides is 1. The maximum atomic E-state index is 11.2. The zero-order valence-electron chi connectivity index (χ0n) is 8.37. The largest absolute Gasteiger partial charge is 0.302 e. The molecule has 0 bridgehead atoms. The number of nitrogens with zero attached hydrogens (tertiary/aromatic N) is 1. The number of hydrogen-bond acceptors (Lipinski definition) is 3. The minimum atomic E-state index is -3.26. The molecule has 6 heteroatoms. The summed E-state index contributed by atoms with van der Waals surface area (Å²) in [5, 5.41) is -0.352. The predicted molar refractivity (Wildman–Crippen MR) is 57.9 cm³/mol. The number of piperidine rings is 1. The quantitative estimate of drug-likeness (QED) is 0.732. The van der Waals surface area contributed by atoms with Gasteiger partial charge in [0.2, 0.25) is 10.0 Å². The van der Waals surface area contributed by atoms with Gasteiger partial charge >= 0.3 is 0 Å². The van der Waals surface area contributed by atoms with E-state index in [1.165, 1.54) is 0 Å². The lowest BCUT2D eigenvalue weighted by atomic mass is 10.1. The van der Waals surface area contributed by atoms with Crippen molar-refractivity contribution in [2.24, 2.45) is 0 Å². The van der Waals surface area contributed by atoms with Crippen LogP contribution in [0.15, 0.2) is 0 Å². The van der Waals surface area contributed by atoms with Gasteiger partial charge in [0.05, 0.1) is 0 Å². The summed E-state index contributed by atoms with van der Waals surface area (Å²) in [5.74, 6) is 0. The Morgan fingerprint density at radius 3 is 2.86 bits per heavy atom. The fourth-order valence-corrected chi connectivity index (χ4v) is 2.68. The Hall–Kier alpha value is 0.160. The molecule has 0 aliphatic carbocycles. The van der Waals surface area contributed by atoms with E-state index in [9.17, 15) is 8.42 Å². The molecule has 1 fully saturated rings. The molecule has 1 N–H and O–H groups in total. The van der Waals surface area contributed by atoms with Crippen molar-refractivity contribution < 1.29 is 8.42 Å². The Kier molecular flexibility index (Phi) is 4.63. The summed E-state index contributed by atoms with van der Waals surface area (Å²) in [6.07, 6.45) is 1.95. The highest BCUT2D eigenvalue weighted by atomic mass is 35.5. The van der Waals surface area contributed by atoms with Gasteiger partial charge in [-0.05, 0) is 25.9 Å². The monoisotopic (exact) mass is 240 g/mol. The molecule has 84 valence electrons. The van der Waals surface area contributed by atoms with E-state index in [-0.39, 0.29) is 11.3 Å². The van der Waals surface area contributed by atoms with Crippen LogP contribution < -0.4 is 4.72 Å². The summed E-state index contributed by atoms with van der Waals surface area (Å²) < 4.78 is 25.0. The molecule has 1 aliphatic heterocycles. The summed E-state index contributed by atoms with van der Waals surface area (Å²) >= 11 is 5.32. The number of halogens is 1. The first-order valence-electron chi connectivity index (χ1n) is 4.85. The zero-order valence-corrected chi connectivity index (χ0v) is 9.94. The Labute approximate surface area is 90.7 Å². The van der Waals surface area contributed by atoms with Gasteiger partial charge in [0.25, 0.3) is 0 Å². The van der Waals surface area contributed by atoms with Gasteiger partial charge in [0.15, 0.2) is 0 Å². The molecular weight excluding hydrogens is 224 g/mol. The average Bonchev–Trinajstić information content (AvgIpc) is 2.17. The SMILES string of the molecule is CCN1CCCC(NS(=O)(=O)CCl)C1. The fraction of sp³-hybridized carbons (Fsp3) is 1.00. The minimum Gasteiger partial charge on any atom is -0.302 e. The number of rotatable bonds is 4. The minimum absolute atomic E-state index is 0.0347. The van der Waals surface area contributed by atoms with Crippen molar-refractivity contribution in [2.75, 3.05) is 24.8 Å². The molecule has 14 heavy (non-hydrogen) atoms. The lowest BCUT2D eigenvalue weighted by Crippen LogP contribution is -2.47. The van der Waals surface area contributed by atoms with Crippen LogP contribution in [0.2, 0.25) is 0 Å². The van der Waals surface area contributed by atoms with Crippen molar-refractivity contribution >= 4 is 21.6 Å². The van der Waals surface area contributed by atoms with Gasteiger partial charge in [-0.25, -0.2) is 13.1 Å². The number of nitrogens with one attached hydrogen (secondary N) is 1. The van der Waals surface area contributed by atoms with Gasteiger partial charge in [0, 0.05) is 12.6 Å². The maximum absolute atomic E-state index is 11.2. The third-order valence-electron chi connectivity index (χ3n) is 2.44. The fourth-order valence-electron chi connectivity index (χ4n) is 1.72. The van der Waals surface area contributed by atoms with E-state index in [4.69, 9.17) is 11.6 Å². The van der Waals surface area contributed by atoms with E-state index < -0.39 is 10.0 Å². The van der Waals surface area contributed by atoms with Crippen LogP contribution in [-0.2, 0) is 10.0 Å². The molecule has 1 unspecified atom stereocenters. The Morgan fingerprint density at radius 2 is 2.29 bits per heavy atom. The van der Waals surface area contributed by atoms with Gasteiger partial charge in [-0.15, -0.1) is 11.6 Å². The molecule has 1 rings (SSSR count). The molecule has 1 atom stereocenters. The third-order valence-corrected chi connectivity index (χ3v) is 4.28. The summed E-state index contributed by atoms with van der Waals surface area (Å²) in [7, 11) is -3.26. The first-order chi connectivity index (χ1) is 6.57. The number of likely N-dealkylation sites (tertiary alicyclic amines) is 1. The molecule has 1 aliphatic rings. The maximum Gasteiger partial charge on any atom is 0.225 e. The molecule has 0 saturated carbocycles. The second-order valence-corrected chi connectivity index (χ2v) is 5.91. The highest BCUT2D eigenvalue weighted by Crippen LogP contribution is 2.10. The summed E-state index contributed by atoms with van der Waals surface area (Å²) in [6, 6.07) is 0.0347. The van der Waals surface area contributed by atoms with E-state index >= 15 is 0 Å². The van der Waals surface area contributed by atoms with E-state index in [2.05, 4.69) is 16.5 Å². The molecule has 1 heterocycles. The predicted octanol–water partition coefficient (Wildman–Crippen LogP) is 0.586. The van der Waals surface area contributed by atoms with E-state index in [0.29, 0.717) is 0 Å². The second-order valence-electron chi connectivity index (χ2n) is 3.57. The van der Waals surface area contributed by atoms with Crippen LogP contribution in [0.25, 0.3) is 0 Å². The van der Waals surface area contributed by atoms with Gasteiger partial charge in [-0.1, -0.05) is 6.92 Å². The van der Waals surface area contributed by atoms with Gasteiger partial charge in [-0.3, -0.25) is 0 Å². The molecule has 1 saturated heterocycles. The Balaban J connectivity index is 2.45. The molecule has 0 amide bonds. The highest BCUT2D eigenvalue weighted by molar-refractivity contribution is 7.90. The smallest absolute Gasteiger partial charge is 0.225 e. The zero-order chi connectivity index (χ0) is 10.6. The summed E-state index contributed by atoms with van der Waals surface area (Å²) in [6.45, 7) is 4.92. The van der Waals surface area contributed by atoms with Crippen LogP contribution in [0.1, 0.15) is 19.8 Å². The summed E-state index contributed by atoms with van der Waals surface area (Å²) in [4.78, 5) is 2.24. The van der Waals surface area contributed by atoms with Crippen molar-refractivity contribution in [3.63, 3.8) is 0 Å². The normalized spacial score (nSPS) is 25.1. The van der Waals surface area contributed by atoms with Crippen LogP contribution in [-0.4, -0.2) is 44.2 Å². The number of sulfonamides is 1. The van der Waals surface area contributed by atoms with E-state index in [0.717, 1.165) is 32.5 Å². The second kappa shape index (κ2) is 5.30. The van der Waals surface area contributed by atoms with Gasteiger partial charge in [-0.2, -0.15) is 0 Å². The molecule has 0 aromatic heterocycles. The molecule has 0 aromatic carbocycles. The van der Waals surface area contributed by atoms with Crippen molar-refractivity contribution in [1.29, 1.82) is 0 Å². The standard InChI is InChI=1S/C8H17ClN2O2S/c1-2-11-5-3-4-8(6-11)10-14(12,13)7-9/h8,10H,2-7H2,1H3. The average molecular weight is 241 g/mol. The van der Waals surface area contributed by atoms with Crippen LogP contribution in [0, 0.1) is 0 Å². The van der Waals surface area contributed by atoms with Crippen LogP contribution in [0.3, 0.4) is 0 Å². The lowest BCUT2D eigenvalue weighted by Gasteiger charge is -2.31. The van der Waals surface area contributed by atoms with Crippen molar-refractivity contribution in [3.05, 3.63) is 0 Å². The molecule has 0 radical (unpaired) electrons. The van der Waals surface area contributed by atoms with Crippen molar-refractivity contribution in [2.45, 2.75) is 25.8 Å². The first-order valence-corrected chi connectivity index (χ1v) is 7.04. The molecule has 4 nitrogen and oxygen atoms in total. The van der Waals surface area contributed by atoms with Crippen LogP contribution in [0.5, 0.6) is 0 Å². The van der Waals surface area contributed by atoms with Crippen molar-refractivity contribution in [3.8, 4) is 0 Å². The molecular formula is C8H17ClN2O2S. The third kappa shape index (κ3) is 3.73. The van der Waals surface area contributed by atoms with E-state index in [1.54, 1.807) is 0 Å². The topological polar surface area (TPSA) is 49.4 Å². The van der Waals surface area contributed by atoms with Crippen LogP contribution >= 0.6 is 11.6 Å². The van der Waals surface area contributed by atoms with Crippen molar-refractivity contribution in [1.82, 2.24) is 9.62 Å². The van der Waals surface area contributed by atoms with E-state index in [1.807, 2.05) is 0 Å². The number of hydrogen-bond donors (Lipinski definition) is 1. The van der Waals surface area contributed by atoms with Crippen LogP contribution in [0.4, 0.5) is 0 Å². The lowest BCUT2D eigenvalue weighted by molar-refractivity contribution is 0.211. The van der Waals surface area contributed by atoms with Gasteiger partial charge in [0.1, 0.15) is 5.21 Å². The first kappa shape index (κ1) is 12.2. The molecule has 0 spiro atoms. The van der Waals surface area contributed by atoms with Gasteiger partial charge < -0.3 is 4.90 Å². The molecule has 0 aromatic rings. The summed E-state index contributed by atoms with van der Waals surface area (Å²) in [5.41, 5.74) is 0. The number of likely N-dealkylation sites (N-methyl/N-ethyl adjacent to an activating group) is 1. The Bertz CT molecular complexity index is 269. The Morgan fingerprint density at radius 1 is 1.57 bits per heavy atom.